The Morgan fingerprint density at radius 3 is 2.76 bits per heavy atom. The van der Waals surface area contributed by atoms with Crippen LogP contribution in [0.1, 0.15) is 40.0 Å². The number of carbonyl (C=O) groups excluding carboxylic acids is 3. The van der Waals surface area contributed by atoms with E-state index in [9.17, 15) is 23.9 Å². The van der Waals surface area contributed by atoms with Crippen LogP contribution in [0.15, 0.2) is 9.98 Å². The van der Waals surface area contributed by atoms with Gasteiger partial charge in [0.15, 0.2) is 11.9 Å². The Morgan fingerprint density at radius 1 is 1.48 bits per heavy atom. The van der Waals surface area contributed by atoms with Gasteiger partial charge >= 0.3 is 5.97 Å². The van der Waals surface area contributed by atoms with Gasteiger partial charge in [0.05, 0.1) is 12.9 Å². The number of amidine groups is 1. The number of hydrogen-bond donors (Lipinski definition) is 4. The molecular formula is C20H29FN6O6. The zero-order valence-corrected chi connectivity index (χ0v) is 18.7. The van der Waals surface area contributed by atoms with E-state index < -0.39 is 66.4 Å². The number of rotatable bonds is 9. The van der Waals surface area contributed by atoms with E-state index in [0.29, 0.717) is 6.42 Å². The fraction of sp³-hybridized carbons (Fsp3) is 0.700. The Kier molecular flexibility index (Phi) is 7.24. The molecule has 0 bridgehead atoms. The number of nitrogens with zero attached hydrogens (tertiary/aromatic N) is 3. The SMILES string of the molecule is CCC(OC(=O)[C@@H](N)[C@@H](C)CC)C(=O)C12N=CN([C@H]3CC(F)[C@@H](CO)O3)C1=NC(=N)NC2=O. The number of nitrogens with one attached hydrogen (secondary N) is 2. The first-order valence-corrected chi connectivity index (χ1v) is 10.8. The van der Waals surface area contributed by atoms with Crippen LogP contribution < -0.4 is 11.1 Å². The molecule has 1 fully saturated rings. The number of esters is 1. The molecule has 33 heavy (non-hydrogen) atoms. The van der Waals surface area contributed by atoms with Crippen molar-refractivity contribution in [2.75, 3.05) is 6.61 Å². The summed E-state index contributed by atoms with van der Waals surface area (Å²) in [5, 5.41) is 19.2. The number of aliphatic imine (C=N–C) groups is 2. The fourth-order valence-electron chi connectivity index (χ4n) is 3.86. The Balaban J connectivity index is 1.91. The summed E-state index contributed by atoms with van der Waals surface area (Å²) in [5.41, 5.74) is 3.68. The third-order valence-electron chi connectivity index (χ3n) is 6.18. The predicted molar refractivity (Wildman–Crippen MR) is 114 cm³/mol. The number of ketones is 1. The summed E-state index contributed by atoms with van der Waals surface area (Å²) in [6.45, 7) is 4.67. The smallest absolute Gasteiger partial charge is 0.323 e. The van der Waals surface area contributed by atoms with Crippen molar-refractivity contribution in [3.8, 4) is 0 Å². The van der Waals surface area contributed by atoms with Crippen molar-refractivity contribution in [2.24, 2.45) is 21.6 Å². The lowest BCUT2D eigenvalue weighted by Crippen LogP contribution is -2.65. The average molecular weight is 468 g/mol. The maximum absolute atomic E-state index is 14.2. The summed E-state index contributed by atoms with van der Waals surface area (Å²) in [7, 11) is 0. The maximum Gasteiger partial charge on any atom is 0.323 e. The molecule has 3 aliphatic heterocycles. The molecule has 12 nitrogen and oxygen atoms in total. The first kappa shape index (κ1) is 24.9. The molecule has 0 spiro atoms. The molecule has 13 heteroatoms. The van der Waals surface area contributed by atoms with E-state index in [4.69, 9.17) is 20.6 Å². The van der Waals surface area contributed by atoms with E-state index in [1.807, 2.05) is 6.92 Å². The number of alkyl halides is 1. The highest BCUT2D eigenvalue weighted by Gasteiger charge is 2.61. The highest BCUT2D eigenvalue weighted by atomic mass is 19.1. The Labute approximate surface area is 189 Å². The van der Waals surface area contributed by atoms with E-state index in [-0.39, 0.29) is 24.6 Å². The van der Waals surface area contributed by atoms with Crippen molar-refractivity contribution in [1.29, 1.82) is 5.41 Å². The zero-order valence-electron chi connectivity index (χ0n) is 18.7. The molecule has 0 aliphatic carbocycles. The lowest BCUT2D eigenvalue weighted by Gasteiger charge is -2.34. The van der Waals surface area contributed by atoms with E-state index in [1.54, 1.807) is 13.8 Å². The summed E-state index contributed by atoms with van der Waals surface area (Å²) in [6, 6.07) is -0.955. The summed E-state index contributed by atoms with van der Waals surface area (Å²) in [4.78, 5) is 48.3. The van der Waals surface area contributed by atoms with Crippen molar-refractivity contribution in [3.05, 3.63) is 0 Å². The number of Topliss-reactive ketones (excluding diaryl/α,β-unsaturated/α-hetero) is 1. The summed E-state index contributed by atoms with van der Waals surface area (Å²) < 4.78 is 25.0. The molecular weight excluding hydrogens is 439 g/mol. The van der Waals surface area contributed by atoms with Gasteiger partial charge in [-0.15, -0.1) is 0 Å². The molecule has 3 rings (SSSR count). The van der Waals surface area contributed by atoms with E-state index in [0.717, 1.165) is 6.34 Å². The number of guanidine groups is 1. The molecule has 0 aromatic heterocycles. The van der Waals surface area contributed by atoms with Crippen LogP contribution in [-0.4, -0.2) is 88.6 Å². The molecule has 0 aromatic carbocycles. The van der Waals surface area contributed by atoms with Gasteiger partial charge in [-0.2, -0.15) is 4.99 Å². The normalized spacial score (nSPS) is 31.5. The molecule has 1 amide bonds. The Morgan fingerprint density at radius 2 is 2.18 bits per heavy atom. The van der Waals surface area contributed by atoms with E-state index in [2.05, 4.69) is 15.3 Å². The number of amides is 1. The van der Waals surface area contributed by atoms with E-state index in [1.165, 1.54) is 4.90 Å². The number of aliphatic hydroxyl groups is 1. The Hall–Kier alpha value is -2.77. The second-order valence-corrected chi connectivity index (χ2v) is 8.27. The Bertz CT molecular complexity index is 896. The van der Waals surface area contributed by atoms with Gasteiger partial charge in [-0.25, -0.2) is 9.38 Å². The van der Waals surface area contributed by atoms with Crippen LogP contribution >= 0.6 is 0 Å². The second kappa shape index (κ2) is 9.61. The van der Waals surface area contributed by atoms with Gasteiger partial charge in [-0.3, -0.25) is 30.0 Å². The van der Waals surface area contributed by atoms with Crippen molar-refractivity contribution in [2.45, 2.75) is 76.2 Å². The quantitative estimate of drug-likeness (QED) is 0.252. The van der Waals surface area contributed by atoms with Crippen LogP contribution in [-0.2, 0) is 23.9 Å². The monoisotopic (exact) mass is 468 g/mol. The van der Waals surface area contributed by atoms with Gasteiger partial charge < -0.3 is 20.3 Å². The standard InChI is InChI=1S/C20H29FN6O6/c1-4-9(3)14(22)16(30)33-11(5-2)15(29)20-17(25-19(23)26-18(20)31)27(8-24-20)13-6-10(21)12(7-28)32-13/h8-14,28H,4-7,22H2,1-3H3,(H2,23,26,31)/t9-,10?,11?,12+,13+,14-,20?/m0/s1. The highest BCUT2D eigenvalue weighted by molar-refractivity contribution is 6.39. The molecule has 0 radical (unpaired) electrons. The molecule has 182 valence electrons. The molecule has 3 heterocycles. The number of nitrogens with two attached hydrogens (primary N) is 1. The van der Waals surface area contributed by atoms with Crippen LogP contribution in [0.25, 0.3) is 0 Å². The van der Waals surface area contributed by atoms with E-state index >= 15 is 0 Å². The molecule has 0 aromatic rings. The third kappa shape index (κ3) is 4.27. The highest BCUT2D eigenvalue weighted by Crippen LogP contribution is 2.34. The summed E-state index contributed by atoms with van der Waals surface area (Å²) >= 11 is 0. The second-order valence-electron chi connectivity index (χ2n) is 8.27. The summed E-state index contributed by atoms with van der Waals surface area (Å²) in [5.74, 6) is -3.58. The number of halogens is 1. The molecule has 7 atom stereocenters. The van der Waals surface area contributed by atoms with Crippen molar-refractivity contribution in [3.63, 3.8) is 0 Å². The minimum absolute atomic E-state index is 0.0339. The van der Waals surface area contributed by atoms with Crippen LogP contribution in [0.5, 0.6) is 0 Å². The van der Waals surface area contributed by atoms with Gasteiger partial charge in [0.25, 0.3) is 11.4 Å². The minimum Gasteiger partial charge on any atom is -0.453 e. The van der Waals surface area contributed by atoms with Crippen molar-refractivity contribution < 1.29 is 33.4 Å². The molecule has 5 N–H and O–H groups in total. The minimum atomic E-state index is -2.24. The predicted octanol–water partition coefficient (Wildman–Crippen LogP) is -0.758. The number of fused-ring (bicyclic) bond motifs is 1. The largest absolute Gasteiger partial charge is 0.453 e. The fourth-order valence-corrected chi connectivity index (χ4v) is 3.86. The lowest BCUT2D eigenvalue weighted by atomic mass is 9.86. The maximum atomic E-state index is 14.2. The topological polar surface area (TPSA) is 180 Å². The van der Waals surface area contributed by atoms with Crippen molar-refractivity contribution in [1.82, 2.24) is 10.2 Å². The van der Waals surface area contributed by atoms with Gasteiger partial charge in [0, 0.05) is 6.42 Å². The van der Waals surface area contributed by atoms with Crippen LogP contribution in [0, 0.1) is 11.3 Å². The summed E-state index contributed by atoms with van der Waals surface area (Å²) in [6.07, 6.45) is -3.34. The number of ether oxygens (including phenoxy) is 2. The molecule has 3 unspecified atom stereocenters. The van der Waals surface area contributed by atoms with Gasteiger partial charge in [0.1, 0.15) is 24.5 Å². The lowest BCUT2D eigenvalue weighted by molar-refractivity contribution is -0.159. The number of aliphatic hydroxyl groups excluding tert-OH is 1. The van der Waals surface area contributed by atoms with Gasteiger partial charge in [0.2, 0.25) is 11.7 Å². The van der Waals surface area contributed by atoms with Gasteiger partial charge in [-0.05, 0) is 12.3 Å². The first-order chi connectivity index (χ1) is 15.6. The number of carbonyl (C=O) groups is 3. The average Bonchev–Trinajstić information content (AvgIpc) is 3.36. The zero-order chi connectivity index (χ0) is 24.5. The molecule has 3 aliphatic rings. The molecule has 1 saturated heterocycles. The van der Waals surface area contributed by atoms with Crippen LogP contribution in [0.2, 0.25) is 0 Å². The van der Waals surface area contributed by atoms with Crippen LogP contribution in [0.4, 0.5) is 4.39 Å². The van der Waals surface area contributed by atoms with Gasteiger partial charge in [-0.1, -0.05) is 27.2 Å². The molecule has 0 saturated carbocycles. The van der Waals surface area contributed by atoms with Crippen molar-refractivity contribution >= 4 is 35.8 Å². The number of hydrogen-bond acceptors (Lipinski definition) is 10. The van der Waals surface area contributed by atoms with Crippen LogP contribution in [0.3, 0.4) is 0 Å². The first-order valence-electron chi connectivity index (χ1n) is 10.8. The third-order valence-corrected chi connectivity index (χ3v) is 6.18.